The molecular formula is C18H20ClN3OS. The van der Waals surface area contributed by atoms with Gasteiger partial charge in [-0.2, -0.15) is 0 Å². The molecule has 2 heterocycles. The van der Waals surface area contributed by atoms with Crippen LogP contribution in [0.5, 0.6) is 0 Å². The van der Waals surface area contributed by atoms with Gasteiger partial charge in [-0.1, -0.05) is 23.7 Å². The molecule has 24 heavy (non-hydrogen) atoms. The summed E-state index contributed by atoms with van der Waals surface area (Å²) in [5.74, 6) is 1.71. The van der Waals surface area contributed by atoms with Crippen LogP contribution in [0.3, 0.4) is 0 Å². The molecule has 1 aromatic carbocycles. The summed E-state index contributed by atoms with van der Waals surface area (Å²) in [7, 11) is 0. The minimum Gasteiger partial charge on any atom is -0.370 e. The number of aromatic nitrogens is 1. The Bertz CT molecular complexity index is 687. The van der Waals surface area contributed by atoms with Gasteiger partial charge >= 0.3 is 0 Å². The van der Waals surface area contributed by atoms with E-state index < -0.39 is 0 Å². The summed E-state index contributed by atoms with van der Waals surface area (Å²) in [5, 5.41) is 3.56. The third kappa shape index (κ3) is 4.89. The third-order valence-electron chi connectivity index (χ3n) is 3.88. The van der Waals surface area contributed by atoms with Crippen LogP contribution in [-0.2, 0) is 10.5 Å². The topological polar surface area (TPSA) is 45.2 Å². The van der Waals surface area contributed by atoms with Crippen LogP contribution >= 0.6 is 23.4 Å². The quantitative estimate of drug-likeness (QED) is 0.837. The highest BCUT2D eigenvalue weighted by Crippen LogP contribution is 2.20. The number of hydrogen-bond donors (Lipinski definition) is 1. The van der Waals surface area contributed by atoms with E-state index in [4.69, 9.17) is 11.6 Å². The van der Waals surface area contributed by atoms with E-state index >= 15 is 0 Å². The van der Waals surface area contributed by atoms with Gasteiger partial charge in [-0.3, -0.25) is 4.79 Å². The maximum absolute atomic E-state index is 12.0. The molecule has 126 valence electrons. The van der Waals surface area contributed by atoms with Crippen LogP contribution in [0.2, 0.25) is 5.02 Å². The van der Waals surface area contributed by atoms with Gasteiger partial charge in [0.05, 0.1) is 17.6 Å². The number of thioether (sulfide) groups is 1. The first-order valence-corrected chi connectivity index (χ1v) is 9.57. The van der Waals surface area contributed by atoms with Gasteiger partial charge in [-0.25, -0.2) is 4.98 Å². The van der Waals surface area contributed by atoms with Crippen LogP contribution in [0.15, 0.2) is 42.6 Å². The summed E-state index contributed by atoms with van der Waals surface area (Å²) in [6, 6.07) is 11.6. The van der Waals surface area contributed by atoms with E-state index in [0.29, 0.717) is 11.6 Å². The third-order valence-corrected chi connectivity index (χ3v) is 5.12. The summed E-state index contributed by atoms with van der Waals surface area (Å²) < 4.78 is 0. The molecule has 0 atom stereocenters. The Labute approximate surface area is 151 Å². The van der Waals surface area contributed by atoms with Gasteiger partial charge in [0, 0.05) is 23.9 Å². The monoisotopic (exact) mass is 361 g/mol. The molecule has 1 fully saturated rings. The average Bonchev–Trinajstić information content (AvgIpc) is 3.10. The first-order valence-electron chi connectivity index (χ1n) is 8.04. The fourth-order valence-electron chi connectivity index (χ4n) is 2.69. The van der Waals surface area contributed by atoms with Crippen molar-refractivity contribution in [3.8, 4) is 0 Å². The zero-order valence-corrected chi connectivity index (χ0v) is 14.9. The molecule has 6 heteroatoms. The summed E-state index contributed by atoms with van der Waals surface area (Å²) in [5.41, 5.74) is 2.24. The number of benzene rings is 1. The molecule has 0 bridgehead atoms. The van der Waals surface area contributed by atoms with E-state index in [0.717, 1.165) is 35.1 Å². The molecule has 1 saturated heterocycles. The second-order valence-corrected chi connectivity index (χ2v) is 7.19. The van der Waals surface area contributed by atoms with Gasteiger partial charge in [-0.05, 0) is 42.7 Å². The van der Waals surface area contributed by atoms with Crippen molar-refractivity contribution in [2.75, 3.05) is 29.1 Å². The van der Waals surface area contributed by atoms with E-state index in [9.17, 15) is 4.79 Å². The van der Waals surface area contributed by atoms with E-state index in [1.807, 2.05) is 42.6 Å². The molecular weight excluding hydrogens is 342 g/mol. The molecule has 0 radical (unpaired) electrons. The number of amides is 1. The summed E-state index contributed by atoms with van der Waals surface area (Å²) in [4.78, 5) is 18.7. The number of halogens is 1. The van der Waals surface area contributed by atoms with Gasteiger partial charge in [0.25, 0.3) is 0 Å². The Hall–Kier alpha value is -1.72. The van der Waals surface area contributed by atoms with Crippen LogP contribution in [0, 0.1) is 0 Å². The first kappa shape index (κ1) is 17.1. The van der Waals surface area contributed by atoms with Crippen LogP contribution in [0.4, 0.5) is 11.5 Å². The number of anilines is 2. The van der Waals surface area contributed by atoms with Gasteiger partial charge in [0.15, 0.2) is 0 Å². The molecule has 1 aromatic heterocycles. The predicted molar refractivity (Wildman–Crippen MR) is 102 cm³/mol. The van der Waals surface area contributed by atoms with E-state index in [2.05, 4.69) is 15.2 Å². The van der Waals surface area contributed by atoms with Gasteiger partial charge in [0.1, 0.15) is 5.82 Å². The maximum atomic E-state index is 12.0. The lowest BCUT2D eigenvalue weighted by atomic mass is 10.2. The number of carbonyl (C=O) groups is 1. The smallest absolute Gasteiger partial charge is 0.235 e. The van der Waals surface area contributed by atoms with Crippen LogP contribution in [0.25, 0.3) is 0 Å². The molecule has 0 spiro atoms. The molecule has 0 aliphatic carbocycles. The number of nitrogens with zero attached hydrogens (tertiary/aromatic N) is 2. The Kier molecular flexibility index (Phi) is 5.99. The molecule has 1 aliphatic heterocycles. The molecule has 1 aliphatic rings. The van der Waals surface area contributed by atoms with Crippen LogP contribution < -0.4 is 10.2 Å². The largest absolute Gasteiger partial charge is 0.370 e. The minimum absolute atomic E-state index is 0.0385. The second-order valence-electron chi connectivity index (χ2n) is 5.77. The second kappa shape index (κ2) is 8.40. The normalized spacial score (nSPS) is 14.0. The fourth-order valence-corrected chi connectivity index (χ4v) is 3.68. The lowest BCUT2D eigenvalue weighted by Gasteiger charge is -2.17. The number of pyridine rings is 1. The van der Waals surface area contributed by atoms with Crippen LogP contribution in [-0.4, -0.2) is 29.7 Å². The van der Waals surface area contributed by atoms with Crippen molar-refractivity contribution >= 4 is 40.8 Å². The lowest BCUT2D eigenvalue weighted by Crippen LogP contribution is -2.18. The fraction of sp³-hybridized carbons (Fsp3) is 0.333. The highest BCUT2D eigenvalue weighted by molar-refractivity contribution is 7.99. The Morgan fingerprint density at radius 2 is 2.08 bits per heavy atom. The van der Waals surface area contributed by atoms with E-state index in [1.54, 1.807) is 11.8 Å². The number of carbonyl (C=O) groups excluding carboxylic acids is 1. The van der Waals surface area contributed by atoms with E-state index in [-0.39, 0.29) is 5.91 Å². The predicted octanol–water partition coefficient (Wildman–Crippen LogP) is 4.21. The summed E-state index contributed by atoms with van der Waals surface area (Å²) in [6.45, 7) is 2.18. The molecule has 0 saturated carbocycles. The lowest BCUT2D eigenvalue weighted by molar-refractivity contribution is -0.113. The number of rotatable bonds is 6. The minimum atomic E-state index is -0.0385. The van der Waals surface area contributed by atoms with Crippen molar-refractivity contribution in [3.63, 3.8) is 0 Å². The standard InChI is InChI=1S/C18H20ClN3OS/c19-15-5-3-4-14(10-15)12-24-13-18(23)21-17-7-6-16(11-20-17)22-8-1-2-9-22/h3-7,10-11H,1-2,8-9,12-13H2,(H,20,21,23). The Morgan fingerprint density at radius 3 is 2.79 bits per heavy atom. The van der Waals surface area contributed by atoms with Crippen molar-refractivity contribution in [3.05, 3.63) is 53.2 Å². The zero-order valence-electron chi connectivity index (χ0n) is 13.4. The average molecular weight is 362 g/mol. The van der Waals surface area contributed by atoms with Crippen LogP contribution in [0.1, 0.15) is 18.4 Å². The van der Waals surface area contributed by atoms with E-state index in [1.165, 1.54) is 12.8 Å². The molecule has 1 N–H and O–H groups in total. The van der Waals surface area contributed by atoms with Gasteiger partial charge in [0.2, 0.25) is 5.91 Å². The van der Waals surface area contributed by atoms with Crippen molar-refractivity contribution in [1.29, 1.82) is 0 Å². The zero-order chi connectivity index (χ0) is 16.8. The molecule has 0 unspecified atom stereocenters. The summed E-state index contributed by atoms with van der Waals surface area (Å²) in [6.07, 6.45) is 4.31. The maximum Gasteiger partial charge on any atom is 0.235 e. The highest BCUT2D eigenvalue weighted by Gasteiger charge is 2.12. The van der Waals surface area contributed by atoms with Crippen molar-refractivity contribution in [1.82, 2.24) is 4.98 Å². The Morgan fingerprint density at radius 1 is 1.25 bits per heavy atom. The van der Waals surface area contributed by atoms with Gasteiger partial charge in [-0.15, -0.1) is 11.8 Å². The molecule has 1 amide bonds. The van der Waals surface area contributed by atoms with Crippen molar-refractivity contribution in [2.24, 2.45) is 0 Å². The number of hydrogen-bond acceptors (Lipinski definition) is 4. The van der Waals surface area contributed by atoms with Crippen molar-refractivity contribution < 1.29 is 4.79 Å². The first-order chi connectivity index (χ1) is 11.7. The molecule has 3 rings (SSSR count). The Balaban J connectivity index is 1.44. The SMILES string of the molecule is O=C(CSCc1cccc(Cl)c1)Nc1ccc(N2CCCC2)cn1. The van der Waals surface area contributed by atoms with Gasteiger partial charge < -0.3 is 10.2 Å². The highest BCUT2D eigenvalue weighted by atomic mass is 35.5. The molecule has 2 aromatic rings. The van der Waals surface area contributed by atoms with Crippen molar-refractivity contribution in [2.45, 2.75) is 18.6 Å². The number of nitrogens with one attached hydrogen (secondary N) is 1. The summed E-state index contributed by atoms with van der Waals surface area (Å²) >= 11 is 7.51. The molecule has 4 nitrogen and oxygen atoms in total.